The highest BCUT2D eigenvalue weighted by molar-refractivity contribution is 7.92. The van der Waals surface area contributed by atoms with Crippen LogP contribution in [0.1, 0.15) is 0 Å². The van der Waals surface area contributed by atoms with Crippen LogP contribution in [0.5, 0.6) is 0 Å². The van der Waals surface area contributed by atoms with Crippen LogP contribution in [-0.4, -0.2) is 13.4 Å². The first-order valence-electron chi connectivity index (χ1n) is 5.08. The molecule has 0 bridgehead atoms. The van der Waals surface area contributed by atoms with Gasteiger partial charge in [-0.15, -0.1) is 0 Å². The van der Waals surface area contributed by atoms with Crippen molar-refractivity contribution in [3.05, 3.63) is 51.5 Å². The summed E-state index contributed by atoms with van der Waals surface area (Å²) in [6.45, 7) is 0. The van der Waals surface area contributed by atoms with Crippen molar-refractivity contribution in [1.82, 2.24) is 4.98 Å². The zero-order valence-corrected chi connectivity index (χ0v) is 12.7. The Bertz CT molecular complexity index is 728. The molecule has 4 nitrogen and oxygen atoms in total. The Kier molecular flexibility index (Phi) is 4.39. The van der Waals surface area contributed by atoms with E-state index in [1.165, 1.54) is 12.1 Å². The zero-order valence-electron chi connectivity index (χ0n) is 9.57. The molecule has 0 atom stereocenters. The first-order valence-corrected chi connectivity index (χ1v) is 7.70. The summed E-state index contributed by atoms with van der Waals surface area (Å²) in [5, 5.41) is -0.411. The fourth-order valence-electron chi connectivity index (χ4n) is 1.35. The van der Waals surface area contributed by atoms with Crippen molar-refractivity contribution in [2.45, 2.75) is 4.90 Å². The zero-order chi connectivity index (χ0) is 14.9. The van der Waals surface area contributed by atoms with Crippen molar-refractivity contribution >= 4 is 50.5 Å². The van der Waals surface area contributed by atoms with Crippen LogP contribution in [0, 0.1) is 5.82 Å². The quantitative estimate of drug-likeness (QED) is 0.669. The maximum atomic E-state index is 13.2. The predicted octanol–water partition coefficient (Wildman–Crippen LogP) is 3.98. The van der Waals surface area contributed by atoms with Gasteiger partial charge in [0, 0.05) is 6.20 Å². The highest BCUT2D eigenvalue weighted by Gasteiger charge is 2.16. The van der Waals surface area contributed by atoms with Crippen LogP contribution >= 0.6 is 34.8 Å². The normalized spacial score (nSPS) is 11.4. The number of benzene rings is 1. The number of hydrogen-bond donors (Lipinski definition) is 1. The van der Waals surface area contributed by atoms with E-state index in [9.17, 15) is 12.8 Å². The van der Waals surface area contributed by atoms with Crippen LogP contribution in [0.25, 0.3) is 0 Å². The number of halogens is 4. The van der Waals surface area contributed by atoms with Crippen LogP contribution in [-0.2, 0) is 10.0 Å². The summed E-state index contributed by atoms with van der Waals surface area (Å²) in [6, 6.07) is 4.85. The molecule has 0 saturated heterocycles. The fraction of sp³-hybridized carbons (Fsp3) is 0. The highest BCUT2D eigenvalue weighted by atomic mass is 35.5. The highest BCUT2D eigenvalue weighted by Crippen LogP contribution is 2.28. The molecular formula is C11H6Cl3FN2O2S. The molecule has 2 aromatic rings. The van der Waals surface area contributed by atoms with E-state index in [1.807, 2.05) is 0 Å². The third-order valence-corrected chi connectivity index (χ3v) is 4.39. The topological polar surface area (TPSA) is 59.1 Å². The largest absolute Gasteiger partial charge is 0.279 e. The molecular weight excluding hydrogens is 350 g/mol. The molecule has 0 radical (unpaired) electrons. The SMILES string of the molecule is O=S(=O)(Nc1cc(Cl)c(F)c(Cl)c1)c1ccc(Cl)nc1. The number of nitrogens with one attached hydrogen (secondary N) is 1. The van der Waals surface area contributed by atoms with Gasteiger partial charge in [-0.25, -0.2) is 17.8 Å². The molecule has 2 rings (SSSR count). The minimum Gasteiger partial charge on any atom is -0.279 e. The molecule has 0 aliphatic carbocycles. The number of hydrogen-bond acceptors (Lipinski definition) is 3. The second-order valence-electron chi connectivity index (χ2n) is 3.68. The molecule has 1 aromatic carbocycles. The van der Waals surface area contributed by atoms with Crippen LogP contribution in [0.3, 0.4) is 0 Å². The average molecular weight is 356 g/mol. The molecule has 0 aliphatic rings. The third kappa shape index (κ3) is 3.32. The molecule has 9 heteroatoms. The van der Waals surface area contributed by atoms with Crippen molar-refractivity contribution in [3.63, 3.8) is 0 Å². The van der Waals surface area contributed by atoms with E-state index in [4.69, 9.17) is 34.8 Å². The average Bonchev–Trinajstić information content (AvgIpc) is 2.36. The summed E-state index contributed by atoms with van der Waals surface area (Å²) < 4.78 is 39.6. The fourth-order valence-corrected chi connectivity index (χ4v) is 2.93. The van der Waals surface area contributed by atoms with Gasteiger partial charge in [-0.1, -0.05) is 34.8 Å². The van der Waals surface area contributed by atoms with E-state index in [0.29, 0.717) is 0 Å². The summed E-state index contributed by atoms with van der Waals surface area (Å²) >= 11 is 16.8. The standard InChI is InChI=1S/C11H6Cl3FN2O2S/c12-8-3-6(4-9(13)11(8)15)17-20(18,19)7-1-2-10(14)16-5-7/h1-5,17H. The molecule has 0 amide bonds. The van der Waals surface area contributed by atoms with Crippen molar-refractivity contribution in [1.29, 1.82) is 0 Å². The maximum Gasteiger partial charge on any atom is 0.263 e. The second kappa shape index (κ2) is 5.73. The Balaban J connectivity index is 2.36. The van der Waals surface area contributed by atoms with Gasteiger partial charge in [0.1, 0.15) is 10.0 Å². The summed E-state index contributed by atoms with van der Waals surface area (Å²) in [5.41, 5.74) is 0.0383. The molecule has 0 aliphatic heterocycles. The van der Waals surface area contributed by atoms with Gasteiger partial charge < -0.3 is 0 Å². The molecule has 106 valence electrons. The van der Waals surface area contributed by atoms with Gasteiger partial charge in [0.25, 0.3) is 10.0 Å². The Hall–Kier alpha value is -1.08. The minimum absolute atomic E-state index is 0.0383. The van der Waals surface area contributed by atoms with Crippen molar-refractivity contribution < 1.29 is 12.8 Å². The molecule has 1 heterocycles. The van der Waals surface area contributed by atoms with E-state index in [1.54, 1.807) is 0 Å². The summed E-state index contributed by atoms with van der Waals surface area (Å²) in [4.78, 5) is 3.57. The van der Waals surface area contributed by atoms with E-state index in [-0.39, 0.29) is 25.8 Å². The van der Waals surface area contributed by atoms with E-state index in [2.05, 4.69) is 9.71 Å². The molecule has 0 spiro atoms. The molecule has 0 fully saturated rings. The summed E-state index contributed by atoms with van der Waals surface area (Å²) in [5.74, 6) is -0.815. The summed E-state index contributed by atoms with van der Waals surface area (Å²) in [6.07, 6.45) is 1.09. The van der Waals surface area contributed by atoms with Gasteiger partial charge in [-0.2, -0.15) is 0 Å². The Morgan fingerprint density at radius 1 is 1.10 bits per heavy atom. The smallest absolute Gasteiger partial charge is 0.263 e. The van der Waals surface area contributed by atoms with Gasteiger partial charge in [0.15, 0.2) is 5.82 Å². The third-order valence-electron chi connectivity index (χ3n) is 2.25. The molecule has 20 heavy (non-hydrogen) atoms. The number of anilines is 1. The van der Waals surface area contributed by atoms with Gasteiger partial charge in [0.05, 0.1) is 15.7 Å². The number of rotatable bonds is 3. The van der Waals surface area contributed by atoms with Gasteiger partial charge in [-0.05, 0) is 24.3 Å². The lowest BCUT2D eigenvalue weighted by molar-refractivity contribution is 0.600. The van der Waals surface area contributed by atoms with Crippen molar-refractivity contribution in [2.75, 3.05) is 4.72 Å². The molecule has 0 saturated carbocycles. The van der Waals surface area contributed by atoms with E-state index in [0.717, 1.165) is 18.3 Å². The Labute approximate surface area is 129 Å². The van der Waals surface area contributed by atoms with E-state index < -0.39 is 15.8 Å². The Morgan fingerprint density at radius 3 is 2.20 bits per heavy atom. The minimum atomic E-state index is -3.89. The van der Waals surface area contributed by atoms with Crippen LogP contribution in [0.4, 0.5) is 10.1 Å². The lowest BCUT2D eigenvalue weighted by Gasteiger charge is -2.09. The van der Waals surface area contributed by atoms with Crippen LogP contribution < -0.4 is 4.72 Å². The van der Waals surface area contributed by atoms with Crippen LogP contribution in [0.2, 0.25) is 15.2 Å². The molecule has 1 aromatic heterocycles. The lowest BCUT2D eigenvalue weighted by atomic mass is 10.3. The van der Waals surface area contributed by atoms with Crippen molar-refractivity contribution in [3.8, 4) is 0 Å². The predicted molar refractivity (Wildman–Crippen MR) is 76.5 cm³/mol. The van der Waals surface area contributed by atoms with Gasteiger partial charge in [0.2, 0.25) is 0 Å². The monoisotopic (exact) mass is 354 g/mol. The van der Waals surface area contributed by atoms with Gasteiger partial charge in [-0.3, -0.25) is 4.72 Å². The van der Waals surface area contributed by atoms with Crippen LogP contribution in [0.15, 0.2) is 35.4 Å². The Morgan fingerprint density at radius 2 is 1.70 bits per heavy atom. The first-order chi connectivity index (χ1) is 9.29. The molecule has 0 unspecified atom stereocenters. The lowest BCUT2D eigenvalue weighted by Crippen LogP contribution is -2.13. The molecule has 1 N–H and O–H groups in total. The number of nitrogens with zero attached hydrogens (tertiary/aromatic N) is 1. The number of pyridine rings is 1. The van der Waals surface area contributed by atoms with Gasteiger partial charge >= 0.3 is 0 Å². The maximum absolute atomic E-state index is 13.2. The van der Waals surface area contributed by atoms with Crippen molar-refractivity contribution in [2.24, 2.45) is 0 Å². The second-order valence-corrected chi connectivity index (χ2v) is 6.56. The number of sulfonamides is 1. The van der Waals surface area contributed by atoms with E-state index >= 15 is 0 Å². The number of aromatic nitrogens is 1. The summed E-state index contributed by atoms with van der Waals surface area (Å²) in [7, 11) is -3.89. The first kappa shape index (κ1) is 15.3.